The molecule has 6 rings (SSSR count). The van der Waals surface area contributed by atoms with Crippen LogP contribution in [0.4, 0.5) is 5.69 Å². The Morgan fingerprint density at radius 1 is 0.731 bits per heavy atom. The van der Waals surface area contributed by atoms with Crippen molar-refractivity contribution in [1.82, 2.24) is 4.57 Å². The number of nitrogens with zero attached hydrogens (tertiary/aromatic N) is 2. The van der Waals surface area contributed by atoms with E-state index in [0.717, 1.165) is 102 Å². The summed E-state index contributed by atoms with van der Waals surface area (Å²) < 4.78 is 17.6. The standard InChI is InChI=1S/C46H57N2O3.ClH/c1-5-9-29-47-39(35-17-13-19-37-43(50-32-11-7-3)27-25-41(47)45(35)37)23-21-34(16-15-31-49)22-24-40-36-18-14-20-38-44(51-33-12-8-4)28-26-42(46(36)38)48(40)30-10-6-2;/h13-14,17-28,49H,5-12,15-16,29-33H2,1-4H3;1H/q+1;/p-1. The van der Waals surface area contributed by atoms with Gasteiger partial charge in [0.15, 0.2) is 0 Å². The van der Waals surface area contributed by atoms with Crippen LogP contribution in [-0.4, -0.2) is 46.3 Å². The molecule has 0 unspecified atom stereocenters. The van der Waals surface area contributed by atoms with Gasteiger partial charge in [0.05, 0.1) is 24.2 Å². The van der Waals surface area contributed by atoms with Crippen LogP contribution in [0.2, 0.25) is 0 Å². The minimum Gasteiger partial charge on any atom is -1.00 e. The second-order valence-corrected chi connectivity index (χ2v) is 13.9. The Hall–Kier alpha value is -4.06. The lowest BCUT2D eigenvalue weighted by molar-refractivity contribution is -0.436. The second-order valence-electron chi connectivity index (χ2n) is 13.9. The Bertz CT molecular complexity index is 2100. The van der Waals surface area contributed by atoms with Gasteiger partial charge in [-0.25, -0.2) is 0 Å². The summed E-state index contributed by atoms with van der Waals surface area (Å²) in [7, 11) is 0. The molecule has 0 amide bonds. The van der Waals surface area contributed by atoms with E-state index in [1.165, 1.54) is 60.3 Å². The maximum absolute atomic E-state index is 9.89. The van der Waals surface area contributed by atoms with Crippen LogP contribution in [0.1, 0.15) is 97.5 Å². The fourth-order valence-corrected chi connectivity index (χ4v) is 7.41. The molecule has 4 aromatic carbocycles. The molecule has 1 aromatic heterocycles. The summed E-state index contributed by atoms with van der Waals surface area (Å²) in [6.07, 6.45) is 19.5. The number of rotatable bonds is 20. The van der Waals surface area contributed by atoms with Crippen LogP contribution in [0.3, 0.4) is 0 Å². The molecular formula is C46H57ClN2O3. The number of halogens is 1. The Kier molecular flexibility index (Phi) is 14.4. The number of aliphatic hydroxyl groups is 1. The monoisotopic (exact) mass is 720 g/mol. The van der Waals surface area contributed by atoms with Crippen molar-refractivity contribution < 1.29 is 31.6 Å². The third-order valence-corrected chi connectivity index (χ3v) is 10.2. The number of unbranched alkanes of at least 4 members (excludes halogenated alkanes) is 4. The maximum Gasteiger partial charge on any atom is 0.214 e. The second kappa shape index (κ2) is 19.1. The molecule has 52 heavy (non-hydrogen) atoms. The fourth-order valence-electron chi connectivity index (χ4n) is 7.41. The largest absolute Gasteiger partial charge is 1.00 e. The molecule has 1 aliphatic heterocycles. The molecule has 0 atom stereocenters. The van der Waals surface area contributed by atoms with Gasteiger partial charge in [-0.3, -0.25) is 0 Å². The van der Waals surface area contributed by atoms with Crippen molar-refractivity contribution in [2.24, 2.45) is 0 Å². The zero-order valence-corrected chi connectivity index (χ0v) is 32.5. The van der Waals surface area contributed by atoms with Crippen LogP contribution in [0.25, 0.3) is 38.5 Å². The highest BCUT2D eigenvalue weighted by atomic mass is 35.5. The van der Waals surface area contributed by atoms with E-state index in [1.54, 1.807) is 0 Å². The molecule has 0 saturated heterocycles. The molecule has 276 valence electrons. The van der Waals surface area contributed by atoms with E-state index in [9.17, 15) is 5.11 Å². The zero-order valence-electron chi connectivity index (χ0n) is 31.7. The van der Waals surface area contributed by atoms with Gasteiger partial charge in [0.1, 0.15) is 18.0 Å². The minimum absolute atomic E-state index is 0. The summed E-state index contributed by atoms with van der Waals surface area (Å²) in [6.45, 7) is 12.5. The van der Waals surface area contributed by atoms with Crippen molar-refractivity contribution in [2.75, 3.05) is 26.4 Å². The van der Waals surface area contributed by atoms with Crippen molar-refractivity contribution in [2.45, 2.75) is 98.4 Å². The van der Waals surface area contributed by atoms with E-state index in [4.69, 9.17) is 9.47 Å². The molecule has 0 aliphatic carbocycles. The molecule has 5 aromatic rings. The van der Waals surface area contributed by atoms with E-state index < -0.39 is 0 Å². The summed E-state index contributed by atoms with van der Waals surface area (Å²) in [6, 6.07) is 22.1. The Balaban J connectivity index is 0.00000523. The molecule has 0 bridgehead atoms. The predicted molar refractivity (Wildman–Crippen MR) is 216 cm³/mol. The van der Waals surface area contributed by atoms with Gasteiger partial charge < -0.3 is 31.6 Å². The molecule has 5 nitrogen and oxygen atoms in total. The van der Waals surface area contributed by atoms with Gasteiger partial charge in [-0.15, -0.1) is 0 Å². The van der Waals surface area contributed by atoms with Crippen molar-refractivity contribution >= 4 is 49.9 Å². The van der Waals surface area contributed by atoms with Crippen LogP contribution in [0.15, 0.2) is 84.5 Å². The van der Waals surface area contributed by atoms with E-state index in [-0.39, 0.29) is 19.0 Å². The summed E-state index contributed by atoms with van der Waals surface area (Å²) in [5.74, 6) is 1.94. The Labute approximate surface area is 316 Å². The normalized spacial score (nSPS) is 13.4. The van der Waals surface area contributed by atoms with Crippen LogP contribution in [0.5, 0.6) is 11.5 Å². The molecule has 2 heterocycles. The minimum atomic E-state index is 0. The number of aromatic nitrogens is 1. The molecule has 0 saturated carbocycles. The zero-order chi connectivity index (χ0) is 35.6. The van der Waals surface area contributed by atoms with Crippen molar-refractivity contribution in [3.63, 3.8) is 0 Å². The topological polar surface area (TPSA) is 46.6 Å². The van der Waals surface area contributed by atoms with Gasteiger partial charge >= 0.3 is 0 Å². The molecule has 1 aliphatic rings. The van der Waals surface area contributed by atoms with Crippen molar-refractivity contribution in [3.8, 4) is 11.5 Å². The van der Waals surface area contributed by atoms with Gasteiger partial charge in [-0.2, -0.15) is 4.58 Å². The number of hydrogen-bond donors (Lipinski definition) is 1. The van der Waals surface area contributed by atoms with Gasteiger partial charge in [-0.1, -0.05) is 95.9 Å². The number of aliphatic hydroxyl groups excluding tert-OH is 1. The first-order valence-electron chi connectivity index (χ1n) is 19.6. The first-order chi connectivity index (χ1) is 25.1. The number of benzene rings is 4. The molecular weight excluding hydrogens is 664 g/mol. The molecule has 1 N–H and O–H groups in total. The van der Waals surface area contributed by atoms with Crippen molar-refractivity contribution in [3.05, 3.63) is 95.4 Å². The third-order valence-electron chi connectivity index (χ3n) is 10.2. The SMILES string of the molecule is CCCCOc1ccc2c3c(cccc13)C(/C=C/C(=C/C=c1\c3cccc4c(OCCCC)ccc(c43)n1CCCC)CCCO)=[N+]2CCCC.[Cl-]. The lowest BCUT2D eigenvalue weighted by Gasteiger charge is -2.10. The number of aryl methyl sites for hydroxylation is 1. The van der Waals surface area contributed by atoms with E-state index in [2.05, 4.69) is 122 Å². The van der Waals surface area contributed by atoms with Crippen LogP contribution in [-0.2, 0) is 6.54 Å². The van der Waals surface area contributed by atoms with Gasteiger partial charge in [0, 0.05) is 64.1 Å². The first-order valence-corrected chi connectivity index (χ1v) is 19.6. The van der Waals surface area contributed by atoms with Gasteiger partial charge in [0.25, 0.3) is 0 Å². The van der Waals surface area contributed by atoms with Crippen LogP contribution < -0.4 is 27.2 Å². The smallest absolute Gasteiger partial charge is 0.214 e. The number of ether oxygens (including phenoxy) is 2. The number of hydrogen-bond acceptors (Lipinski definition) is 3. The highest BCUT2D eigenvalue weighted by Gasteiger charge is 2.31. The first kappa shape index (κ1) is 39.2. The van der Waals surface area contributed by atoms with Crippen molar-refractivity contribution in [1.29, 1.82) is 0 Å². The average Bonchev–Trinajstić information content (AvgIpc) is 3.63. The summed E-state index contributed by atoms with van der Waals surface area (Å²) in [5.41, 5.74) is 6.22. The molecule has 0 fully saturated rings. The lowest BCUT2D eigenvalue weighted by atomic mass is 10.0. The van der Waals surface area contributed by atoms with E-state index >= 15 is 0 Å². The van der Waals surface area contributed by atoms with Gasteiger partial charge in [0.2, 0.25) is 11.4 Å². The lowest BCUT2D eigenvalue weighted by Crippen LogP contribution is -3.00. The highest BCUT2D eigenvalue weighted by molar-refractivity contribution is 6.20. The summed E-state index contributed by atoms with van der Waals surface area (Å²) >= 11 is 0. The Morgan fingerprint density at radius 2 is 1.38 bits per heavy atom. The van der Waals surface area contributed by atoms with Gasteiger partial charge in [-0.05, 0) is 68.0 Å². The molecule has 0 spiro atoms. The Morgan fingerprint density at radius 3 is 2.08 bits per heavy atom. The third kappa shape index (κ3) is 8.27. The maximum atomic E-state index is 9.89. The summed E-state index contributed by atoms with van der Waals surface area (Å²) in [4.78, 5) is 0. The predicted octanol–water partition coefficient (Wildman–Crippen LogP) is 7.81. The molecule has 6 heteroatoms. The highest BCUT2D eigenvalue weighted by Crippen LogP contribution is 2.40. The van der Waals surface area contributed by atoms with Crippen LogP contribution in [0, 0.1) is 0 Å². The summed E-state index contributed by atoms with van der Waals surface area (Å²) in [5, 5.41) is 17.3. The fraction of sp³-hybridized carbons (Fsp3) is 0.413. The average molecular weight is 721 g/mol. The van der Waals surface area contributed by atoms with Crippen LogP contribution >= 0.6 is 0 Å². The number of allylic oxidation sites excluding steroid dienone is 4. The quantitative estimate of drug-likeness (QED) is 0.0507. The molecule has 0 radical (unpaired) electrons. The van der Waals surface area contributed by atoms with E-state index in [1.807, 2.05) is 0 Å². The van der Waals surface area contributed by atoms with E-state index in [0.29, 0.717) is 0 Å².